The van der Waals surface area contributed by atoms with Crippen LogP contribution in [0.5, 0.6) is 5.75 Å². The van der Waals surface area contributed by atoms with E-state index in [0.29, 0.717) is 31.2 Å². The van der Waals surface area contributed by atoms with E-state index in [0.717, 1.165) is 11.4 Å². The Morgan fingerprint density at radius 1 is 1.13 bits per heavy atom. The second kappa shape index (κ2) is 8.12. The van der Waals surface area contributed by atoms with E-state index in [-0.39, 0.29) is 5.91 Å². The number of nitrogens with one attached hydrogen (secondary N) is 1. The number of hydrogen-bond donors (Lipinski definition) is 1. The molecule has 0 aliphatic heterocycles. The van der Waals surface area contributed by atoms with E-state index < -0.39 is 0 Å². The quantitative estimate of drug-likeness (QED) is 0.850. The van der Waals surface area contributed by atoms with E-state index in [2.05, 4.69) is 15.3 Å². The first-order valence-corrected chi connectivity index (χ1v) is 7.79. The molecule has 0 saturated heterocycles. The summed E-state index contributed by atoms with van der Waals surface area (Å²) >= 11 is 0. The van der Waals surface area contributed by atoms with Gasteiger partial charge in [-0.1, -0.05) is 0 Å². The molecule has 0 saturated carbocycles. The summed E-state index contributed by atoms with van der Waals surface area (Å²) in [5, 5.41) is 3.17. The average Bonchev–Trinajstić information content (AvgIpc) is 2.58. The van der Waals surface area contributed by atoms with E-state index >= 15 is 0 Å². The van der Waals surface area contributed by atoms with Crippen LogP contribution in [-0.4, -0.2) is 40.5 Å². The highest BCUT2D eigenvalue weighted by Crippen LogP contribution is 2.19. The molecule has 6 heteroatoms. The van der Waals surface area contributed by atoms with Gasteiger partial charge in [0.2, 0.25) is 0 Å². The Kier molecular flexibility index (Phi) is 5.91. The van der Waals surface area contributed by atoms with Crippen molar-refractivity contribution in [3.63, 3.8) is 0 Å². The number of anilines is 2. The molecule has 1 heterocycles. The molecule has 0 spiro atoms. The van der Waals surface area contributed by atoms with Gasteiger partial charge in [0.25, 0.3) is 5.91 Å². The Labute approximate surface area is 136 Å². The lowest BCUT2D eigenvalue weighted by Gasteiger charge is -2.18. The van der Waals surface area contributed by atoms with Crippen LogP contribution in [0, 0.1) is 0 Å². The van der Waals surface area contributed by atoms with Crippen molar-refractivity contribution < 1.29 is 9.53 Å². The Bertz CT molecular complexity index is 639. The maximum Gasteiger partial charge on any atom is 0.272 e. The molecular weight excluding hydrogens is 292 g/mol. The van der Waals surface area contributed by atoms with Crippen molar-refractivity contribution in [3.05, 3.63) is 42.4 Å². The lowest BCUT2D eigenvalue weighted by molar-refractivity contribution is 0.0767. The molecule has 0 aliphatic rings. The maximum absolute atomic E-state index is 12.3. The van der Waals surface area contributed by atoms with Gasteiger partial charge in [-0.2, -0.15) is 0 Å². The molecule has 0 fully saturated rings. The van der Waals surface area contributed by atoms with Crippen LogP contribution in [0.3, 0.4) is 0 Å². The van der Waals surface area contributed by atoms with Crippen molar-refractivity contribution in [3.8, 4) is 5.75 Å². The highest BCUT2D eigenvalue weighted by molar-refractivity contribution is 5.93. The molecule has 2 aromatic rings. The number of benzene rings is 1. The van der Waals surface area contributed by atoms with Crippen LogP contribution in [0.15, 0.2) is 36.7 Å². The first-order chi connectivity index (χ1) is 11.2. The zero-order valence-electron chi connectivity index (χ0n) is 13.7. The monoisotopic (exact) mass is 314 g/mol. The summed E-state index contributed by atoms with van der Waals surface area (Å²) in [4.78, 5) is 22.3. The molecule has 0 radical (unpaired) electrons. The largest absolute Gasteiger partial charge is 0.494 e. The molecule has 0 bridgehead atoms. The van der Waals surface area contributed by atoms with E-state index in [4.69, 9.17) is 4.74 Å². The van der Waals surface area contributed by atoms with Crippen molar-refractivity contribution >= 4 is 17.4 Å². The number of carbonyl (C=O) groups excluding carboxylic acids is 1. The number of aromatic nitrogens is 2. The molecule has 1 N–H and O–H groups in total. The minimum absolute atomic E-state index is 0.0906. The smallest absolute Gasteiger partial charge is 0.272 e. The lowest BCUT2D eigenvalue weighted by atomic mass is 10.3. The summed E-state index contributed by atoms with van der Waals surface area (Å²) in [6.07, 6.45) is 1.40. The molecule has 0 unspecified atom stereocenters. The summed E-state index contributed by atoms with van der Waals surface area (Å²) < 4.78 is 5.41. The Morgan fingerprint density at radius 2 is 1.83 bits per heavy atom. The van der Waals surface area contributed by atoms with Crippen LogP contribution in [0.2, 0.25) is 0 Å². The van der Waals surface area contributed by atoms with Crippen molar-refractivity contribution in [2.24, 2.45) is 0 Å². The molecule has 1 aromatic heterocycles. The summed E-state index contributed by atoms with van der Waals surface area (Å²) in [5.74, 6) is 1.31. The molecule has 0 aliphatic carbocycles. The number of hydrogen-bond acceptors (Lipinski definition) is 5. The highest BCUT2D eigenvalue weighted by atomic mass is 16.5. The predicted molar refractivity (Wildman–Crippen MR) is 90.2 cm³/mol. The molecular formula is C17H22N4O2. The van der Waals surface area contributed by atoms with E-state index in [9.17, 15) is 4.79 Å². The number of rotatable bonds is 7. The second-order valence-electron chi connectivity index (χ2n) is 4.85. The third kappa shape index (κ3) is 4.42. The van der Waals surface area contributed by atoms with Crippen molar-refractivity contribution in [2.75, 3.05) is 25.0 Å². The number of amides is 1. The normalized spacial score (nSPS) is 10.2. The fraction of sp³-hybridized carbons (Fsp3) is 0.353. The van der Waals surface area contributed by atoms with Crippen LogP contribution in [-0.2, 0) is 0 Å². The minimum atomic E-state index is -0.0906. The SMILES string of the molecule is CCOc1ccc(Nc2cc(C(=O)N(CC)CC)ncn2)cc1. The summed E-state index contributed by atoms with van der Waals surface area (Å²) in [6.45, 7) is 7.78. The Morgan fingerprint density at radius 3 is 2.43 bits per heavy atom. The predicted octanol–water partition coefficient (Wildman–Crippen LogP) is 3.10. The third-order valence-electron chi connectivity index (χ3n) is 3.37. The molecule has 122 valence electrons. The van der Waals surface area contributed by atoms with Crippen LogP contribution in [0.4, 0.5) is 11.5 Å². The molecule has 2 rings (SSSR count). The van der Waals surface area contributed by atoms with Gasteiger partial charge in [0, 0.05) is 24.8 Å². The fourth-order valence-corrected chi connectivity index (χ4v) is 2.16. The molecule has 0 atom stereocenters. The topological polar surface area (TPSA) is 67.3 Å². The molecule has 6 nitrogen and oxygen atoms in total. The van der Waals surface area contributed by atoms with Gasteiger partial charge < -0.3 is 15.0 Å². The first kappa shape index (κ1) is 16.7. The van der Waals surface area contributed by atoms with E-state index in [1.165, 1.54) is 6.33 Å². The maximum atomic E-state index is 12.3. The van der Waals surface area contributed by atoms with Gasteiger partial charge in [0.1, 0.15) is 23.6 Å². The van der Waals surface area contributed by atoms with Crippen LogP contribution >= 0.6 is 0 Å². The van der Waals surface area contributed by atoms with Gasteiger partial charge in [0.15, 0.2) is 0 Å². The van der Waals surface area contributed by atoms with Gasteiger partial charge in [0.05, 0.1) is 6.61 Å². The number of ether oxygens (including phenoxy) is 1. The first-order valence-electron chi connectivity index (χ1n) is 7.79. The van der Waals surface area contributed by atoms with Crippen LogP contribution < -0.4 is 10.1 Å². The highest BCUT2D eigenvalue weighted by Gasteiger charge is 2.14. The van der Waals surface area contributed by atoms with Gasteiger partial charge in [-0.25, -0.2) is 9.97 Å². The van der Waals surface area contributed by atoms with Gasteiger partial charge in [-0.05, 0) is 45.0 Å². The van der Waals surface area contributed by atoms with Crippen molar-refractivity contribution in [2.45, 2.75) is 20.8 Å². The van der Waals surface area contributed by atoms with Crippen LogP contribution in [0.25, 0.3) is 0 Å². The zero-order chi connectivity index (χ0) is 16.7. The van der Waals surface area contributed by atoms with Gasteiger partial charge in [-0.15, -0.1) is 0 Å². The molecule has 1 aromatic carbocycles. The van der Waals surface area contributed by atoms with E-state index in [1.807, 2.05) is 45.0 Å². The number of carbonyl (C=O) groups is 1. The summed E-state index contributed by atoms with van der Waals surface area (Å²) in [6, 6.07) is 9.24. The second-order valence-corrected chi connectivity index (χ2v) is 4.85. The zero-order valence-corrected chi connectivity index (χ0v) is 13.7. The van der Waals surface area contributed by atoms with Crippen LogP contribution in [0.1, 0.15) is 31.3 Å². The van der Waals surface area contributed by atoms with Gasteiger partial charge in [-0.3, -0.25) is 4.79 Å². The number of nitrogens with zero attached hydrogens (tertiary/aromatic N) is 3. The third-order valence-corrected chi connectivity index (χ3v) is 3.37. The molecule has 1 amide bonds. The molecule has 23 heavy (non-hydrogen) atoms. The fourth-order valence-electron chi connectivity index (χ4n) is 2.16. The Balaban J connectivity index is 2.12. The van der Waals surface area contributed by atoms with Crippen molar-refractivity contribution in [1.29, 1.82) is 0 Å². The lowest BCUT2D eigenvalue weighted by Crippen LogP contribution is -2.31. The summed E-state index contributed by atoms with van der Waals surface area (Å²) in [7, 11) is 0. The van der Waals surface area contributed by atoms with E-state index in [1.54, 1.807) is 11.0 Å². The average molecular weight is 314 g/mol. The summed E-state index contributed by atoms with van der Waals surface area (Å²) in [5.41, 5.74) is 1.26. The van der Waals surface area contributed by atoms with Crippen molar-refractivity contribution in [1.82, 2.24) is 14.9 Å². The van der Waals surface area contributed by atoms with Gasteiger partial charge >= 0.3 is 0 Å². The standard InChI is InChI=1S/C17H22N4O2/c1-4-21(5-2)17(22)15-11-16(19-12-18-15)20-13-7-9-14(10-8-13)23-6-3/h7-12H,4-6H2,1-3H3,(H,18,19,20). The Hall–Kier alpha value is -2.63. The minimum Gasteiger partial charge on any atom is -0.494 e.